The molecule has 0 bridgehead atoms. The average Bonchev–Trinajstić information content (AvgIpc) is 3.21. The van der Waals surface area contributed by atoms with Crippen LogP contribution in [0, 0.1) is 19.8 Å². The molecular formula is C23H27N5OS. The van der Waals surface area contributed by atoms with Gasteiger partial charge in [0.1, 0.15) is 0 Å². The number of aryl methyl sites for hydroxylation is 2. The van der Waals surface area contributed by atoms with E-state index in [9.17, 15) is 4.79 Å². The molecule has 7 heteroatoms. The lowest BCUT2D eigenvalue weighted by Gasteiger charge is -2.32. The van der Waals surface area contributed by atoms with Crippen LogP contribution >= 0.6 is 11.8 Å². The Labute approximate surface area is 181 Å². The number of thioether (sulfide) groups is 1. The number of carbonyl (C=O) groups is 1. The number of amides is 1. The predicted molar refractivity (Wildman–Crippen MR) is 119 cm³/mol. The fraction of sp³-hybridized carbons (Fsp3) is 0.391. The summed E-state index contributed by atoms with van der Waals surface area (Å²) in [6.07, 6.45) is 3.22. The van der Waals surface area contributed by atoms with Crippen molar-refractivity contribution >= 4 is 17.7 Å². The summed E-state index contributed by atoms with van der Waals surface area (Å²) in [5.74, 6) is 1.17. The summed E-state index contributed by atoms with van der Waals surface area (Å²) in [7, 11) is 0. The van der Waals surface area contributed by atoms with Gasteiger partial charge >= 0.3 is 0 Å². The summed E-state index contributed by atoms with van der Waals surface area (Å²) in [5.41, 5.74) is 4.59. The van der Waals surface area contributed by atoms with Crippen LogP contribution in [0.5, 0.6) is 0 Å². The molecular weight excluding hydrogens is 394 g/mol. The second-order valence-corrected chi connectivity index (χ2v) is 8.86. The van der Waals surface area contributed by atoms with Gasteiger partial charge in [-0.1, -0.05) is 60.3 Å². The highest BCUT2D eigenvalue weighted by atomic mass is 32.2. The molecule has 1 fully saturated rings. The number of likely N-dealkylation sites (tertiary alicyclic amines) is 1. The number of hydrogen-bond acceptors (Lipinski definition) is 5. The van der Waals surface area contributed by atoms with Crippen LogP contribution in [0.3, 0.4) is 0 Å². The van der Waals surface area contributed by atoms with Gasteiger partial charge in [-0.2, -0.15) is 4.68 Å². The van der Waals surface area contributed by atoms with Gasteiger partial charge in [-0.15, -0.1) is 5.10 Å². The molecule has 0 aliphatic carbocycles. The Morgan fingerprint density at radius 2 is 1.73 bits per heavy atom. The summed E-state index contributed by atoms with van der Waals surface area (Å²) < 4.78 is 1.74. The van der Waals surface area contributed by atoms with E-state index in [1.807, 2.05) is 36.9 Å². The minimum absolute atomic E-state index is 0.161. The van der Waals surface area contributed by atoms with E-state index in [0.29, 0.717) is 16.8 Å². The highest BCUT2D eigenvalue weighted by Crippen LogP contribution is 2.25. The van der Waals surface area contributed by atoms with E-state index in [0.717, 1.165) is 49.2 Å². The largest absolute Gasteiger partial charge is 0.342 e. The molecule has 1 aromatic heterocycles. The molecule has 156 valence electrons. The first-order valence-electron chi connectivity index (χ1n) is 10.4. The van der Waals surface area contributed by atoms with Crippen molar-refractivity contribution in [1.82, 2.24) is 25.1 Å². The van der Waals surface area contributed by atoms with Gasteiger partial charge in [0.25, 0.3) is 0 Å². The molecule has 2 heterocycles. The average molecular weight is 422 g/mol. The Kier molecular flexibility index (Phi) is 6.47. The zero-order valence-corrected chi connectivity index (χ0v) is 18.3. The third-order valence-corrected chi connectivity index (χ3v) is 6.66. The maximum absolute atomic E-state index is 12.8. The Morgan fingerprint density at radius 3 is 2.43 bits per heavy atom. The SMILES string of the molecule is Cc1cccc(C)c1-n1nnnc1SCC(=O)N1CCC(Cc2ccccc2)CC1. The predicted octanol–water partition coefficient (Wildman–Crippen LogP) is 3.85. The van der Waals surface area contributed by atoms with E-state index in [1.165, 1.54) is 17.3 Å². The molecule has 0 atom stereocenters. The Balaban J connectivity index is 1.32. The lowest BCUT2D eigenvalue weighted by atomic mass is 9.90. The second-order valence-electron chi connectivity index (χ2n) is 7.92. The Morgan fingerprint density at radius 1 is 1.03 bits per heavy atom. The van der Waals surface area contributed by atoms with Crippen LogP contribution < -0.4 is 0 Å². The third-order valence-electron chi connectivity index (χ3n) is 5.75. The zero-order chi connectivity index (χ0) is 20.9. The monoisotopic (exact) mass is 421 g/mol. The van der Waals surface area contributed by atoms with Gasteiger partial charge < -0.3 is 4.90 Å². The zero-order valence-electron chi connectivity index (χ0n) is 17.5. The van der Waals surface area contributed by atoms with E-state index >= 15 is 0 Å². The van der Waals surface area contributed by atoms with Crippen LogP contribution in [0.25, 0.3) is 5.69 Å². The number of nitrogens with zero attached hydrogens (tertiary/aromatic N) is 5. The highest BCUT2D eigenvalue weighted by Gasteiger charge is 2.24. The maximum atomic E-state index is 12.8. The minimum Gasteiger partial charge on any atom is -0.342 e. The fourth-order valence-electron chi connectivity index (χ4n) is 4.10. The number of para-hydroxylation sites is 1. The molecule has 2 aromatic carbocycles. The van der Waals surface area contributed by atoms with Gasteiger partial charge in [0.15, 0.2) is 0 Å². The van der Waals surface area contributed by atoms with Crippen molar-refractivity contribution in [1.29, 1.82) is 0 Å². The van der Waals surface area contributed by atoms with Crippen molar-refractivity contribution in [2.75, 3.05) is 18.8 Å². The summed E-state index contributed by atoms with van der Waals surface area (Å²) in [4.78, 5) is 14.8. The van der Waals surface area contributed by atoms with Crippen molar-refractivity contribution in [3.8, 4) is 5.69 Å². The van der Waals surface area contributed by atoms with Crippen LogP contribution in [-0.4, -0.2) is 49.9 Å². The molecule has 0 unspecified atom stereocenters. The molecule has 30 heavy (non-hydrogen) atoms. The topological polar surface area (TPSA) is 63.9 Å². The van der Waals surface area contributed by atoms with E-state index in [-0.39, 0.29) is 5.91 Å². The number of carbonyl (C=O) groups excluding carboxylic acids is 1. The lowest BCUT2D eigenvalue weighted by Crippen LogP contribution is -2.39. The smallest absolute Gasteiger partial charge is 0.233 e. The van der Waals surface area contributed by atoms with E-state index in [4.69, 9.17) is 0 Å². The normalized spacial score (nSPS) is 14.8. The Hall–Kier alpha value is -2.67. The van der Waals surface area contributed by atoms with Gasteiger partial charge in [0.05, 0.1) is 11.4 Å². The molecule has 1 aliphatic rings. The molecule has 6 nitrogen and oxygen atoms in total. The van der Waals surface area contributed by atoms with Crippen LogP contribution in [0.2, 0.25) is 0 Å². The van der Waals surface area contributed by atoms with Gasteiger partial charge in [-0.05, 0) is 66.1 Å². The van der Waals surface area contributed by atoms with Crippen LogP contribution in [0.4, 0.5) is 0 Å². The fourth-order valence-corrected chi connectivity index (χ4v) is 4.88. The van der Waals surface area contributed by atoms with Crippen molar-refractivity contribution in [3.05, 3.63) is 65.2 Å². The molecule has 1 amide bonds. The third kappa shape index (κ3) is 4.73. The molecule has 0 spiro atoms. The number of aromatic nitrogens is 4. The minimum atomic E-state index is 0.161. The first-order valence-corrected chi connectivity index (χ1v) is 11.4. The molecule has 3 aromatic rings. The van der Waals surface area contributed by atoms with Crippen molar-refractivity contribution in [2.24, 2.45) is 5.92 Å². The molecule has 1 aliphatic heterocycles. The number of tetrazole rings is 1. The lowest BCUT2D eigenvalue weighted by molar-refractivity contribution is -0.129. The Bertz CT molecular complexity index is 976. The number of piperidine rings is 1. The first-order chi connectivity index (χ1) is 14.6. The molecule has 1 saturated heterocycles. The standard InChI is InChI=1S/C23H27N5OS/c1-17-7-6-8-18(2)22(17)28-23(24-25-26-28)30-16-21(29)27-13-11-20(12-14-27)15-19-9-4-3-5-10-19/h3-10,20H,11-16H2,1-2H3. The molecule has 0 N–H and O–H groups in total. The summed E-state index contributed by atoms with van der Waals surface area (Å²) in [5, 5.41) is 12.8. The van der Waals surface area contributed by atoms with Crippen molar-refractivity contribution in [3.63, 3.8) is 0 Å². The van der Waals surface area contributed by atoms with Gasteiger partial charge in [0, 0.05) is 13.1 Å². The molecule has 4 rings (SSSR count). The van der Waals surface area contributed by atoms with Crippen molar-refractivity contribution < 1.29 is 4.79 Å². The number of hydrogen-bond donors (Lipinski definition) is 0. The van der Waals surface area contributed by atoms with E-state index < -0.39 is 0 Å². The number of rotatable bonds is 6. The summed E-state index contributed by atoms with van der Waals surface area (Å²) in [6, 6.07) is 16.7. The second kappa shape index (κ2) is 9.43. The maximum Gasteiger partial charge on any atom is 0.233 e. The van der Waals surface area contributed by atoms with E-state index in [1.54, 1.807) is 4.68 Å². The van der Waals surface area contributed by atoms with Gasteiger partial charge in [0.2, 0.25) is 11.1 Å². The van der Waals surface area contributed by atoms with Crippen LogP contribution in [0.1, 0.15) is 29.5 Å². The molecule has 0 radical (unpaired) electrons. The van der Waals surface area contributed by atoms with Gasteiger partial charge in [-0.3, -0.25) is 4.79 Å². The summed E-state index contributed by atoms with van der Waals surface area (Å²) >= 11 is 1.41. The van der Waals surface area contributed by atoms with Gasteiger partial charge in [-0.25, -0.2) is 0 Å². The summed E-state index contributed by atoms with van der Waals surface area (Å²) in [6.45, 7) is 5.75. The van der Waals surface area contributed by atoms with E-state index in [2.05, 4.69) is 45.9 Å². The molecule has 0 saturated carbocycles. The first kappa shape index (κ1) is 20.6. The van der Waals surface area contributed by atoms with Crippen LogP contribution in [0.15, 0.2) is 53.7 Å². The highest BCUT2D eigenvalue weighted by molar-refractivity contribution is 7.99. The number of benzene rings is 2. The van der Waals surface area contributed by atoms with Crippen LogP contribution in [-0.2, 0) is 11.2 Å². The van der Waals surface area contributed by atoms with Crippen molar-refractivity contribution in [2.45, 2.75) is 38.3 Å². The quantitative estimate of drug-likeness (QED) is 0.566.